The third-order valence-corrected chi connectivity index (χ3v) is 3.67. The van der Waals surface area contributed by atoms with Crippen molar-refractivity contribution in [3.8, 4) is 0 Å². The van der Waals surface area contributed by atoms with E-state index in [1.165, 1.54) is 12.4 Å². The molecule has 1 saturated heterocycles. The molecule has 114 valence electrons. The molecule has 0 radical (unpaired) electrons. The van der Waals surface area contributed by atoms with Gasteiger partial charge in [-0.3, -0.25) is 14.8 Å². The van der Waals surface area contributed by atoms with Crippen molar-refractivity contribution >= 4 is 5.91 Å². The van der Waals surface area contributed by atoms with Gasteiger partial charge < -0.3 is 9.64 Å². The van der Waals surface area contributed by atoms with E-state index in [-0.39, 0.29) is 11.9 Å². The van der Waals surface area contributed by atoms with Gasteiger partial charge in [0.25, 0.3) is 5.91 Å². The Morgan fingerprint density at radius 3 is 3.00 bits per heavy atom. The molecule has 7 nitrogen and oxygen atoms in total. The summed E-state index contributed by atoms with van der Waals surface area (Å²) >= 11 is 0. The van der Waals surface area contributed by atoms with Crippen LogP contribution in [0.2, 0.25) is 0 Å². The van der Waals surface area contributed by atoms with Gasteiger partial charge in [-0.25, -0.2) is 0 Å². The molecule has 0 spiro atoms. The van der Waals surface area contributed by atoms with Gasteiger partial charge in [-0.15, -0.1) is 0 Å². The number of hydrogen-bond acceptors (Lipinski definition) is 6. The molecule has 7 heteroatoms. The number of aryl methyl sites for hydroxylation is 1. The normalized spacial score (nSPS) is 18.2. The van der Waals surface area contributed by atoms with Crippen LogP contribution in [0.5, 0.6) is 0 Å². The first-order chi connectivity index (χ1) is 10.8. The summed E-state index contributed by atoms with van der Waals surface area (Å²) in [5.74, 6) is -0.0256. The van der Waals surface area contributed by atoms with Crippen molar-refractivity contribution in [3.63, 3.8) is 0 Å². The fourth-order valence-corrected chi connectivity index (χ4v) is 2.52. The summed E-state index contributed by atoms with van der Waals surface area (Å²) in [6.07, 6.45) is 9.67. The van der Waals surface area contributed by atoms with E-state index >= 15 is 0 Å². The van der Waals surface area contributed by atoms with Crippen LogP contribution < -0.4 is 0 Å². The summed E-state index contributed by atoms with van der Waals surface area (Å²) in [4.78, 5) is 22.8. The number of carbonyl (C=O) groups is 1. The molecule has 1 amide bonds. The van der Waals surface area contributed by atoms with E-state index < -0.39 is 0 Å². The summed E-state index contributed by atoms with van der Waals surface area (Å²) in [5.41, 5.74) is 1.48. The maximum atomic E-state index is 12.6. The summed E-state index contributed by atoms with van der Waals surface area (Å²) < 4.78 is 5.53. The number of aromatic nitrogens is 4. The van der Waals surface area contributed by atoms with Gasteiger partial charge in [-0.2, -0.15) is 10.2 Å². The largest absolute Gasteiger partial charge is 0.377 e. The van der Waals surface area contributed by atoms with Crippen LogP contribution in [0.1, 0.15) is 22.5 Å². The van der Waals surface area contributed by atoms with Crippen molar-refractivity contribution in [1.82, 2.24) is 25.1 Å². The number of hydrogen-bond donors (Lipinski definition) is 0. The number of rotatable bonds is 4. The van der Waals surface area contributed by atoms with Gasteiger partial charge in [0, 0.05) is 25.1 Å². The molecule has 2 aromatic rings. The smallest absolute Gasteiger partial charge is 0.255 e. The fourth-order valence-electron chi connectivity index (χ4n) is 2.52. The molecule has 0 aromatic carbocycles. The lowest BCUT2D eigenvalue weighted by atomic mass is 10.1. The Bertz CT molecular complexity index is 608. The Hall–Kier alpha value is -2.41. The van der Waals surface area contributed by atoms with Crippen molar-refractivity contribution in [2.75, 3.05) is 19.8 Å². The van der Waals surface area contributed by atoms with Crippen LogP contribution in [0, 0.1) is 0 Å². The van der Waals surface area contributed by atoms with Crippen molar-refractivity contribution in [1.29, 1.82) is 0 Å². The highest BCUT2D eigenvalue weighted by molar-refractivity contribution is 5.94. The number of carbonyl (C=O) groups excluding carboxylic acids is 1. The summed E-state index contributed by atoms with van der Waals surface area (Å²) in [5, 5.41) is 7.48. The molecule has 3 rings (SSSR count). The Balaban J connectivity index is 1.67. The van der Waals surface area contributed by atoms with Crippen molar-refractivity contribution in [2.45, 2.75) is 18.9 Å². The van der Waals surface area contributed by atoms with E-state index in [9.17, 15) is 4.79 Å². The molecule has 3 heterocycles. The molecule has 0 bridgehead atoms. The number of amides is 1. The zero-order valence-electron chi connectivity index (χ0n) is 12.1. The van der Waals surface area contributed by atoms with E-state index in [4.69, 9.17) is 4.74 Å². The van der Waals surface area contributed by atoms with Gasteiger partial charge >= 0.3 is 0 Å². The van der Waals surface area contributed by atoms with Crippen LogP contribution >= 0.6 is 0 Å². The Morgan fingerprint density at radius 2 is 2.23 bits per heavy atom. The molecule has 1 atom stereocenters. The molecule has 2 aromatic heterocycles. The number of nitrogens with zero attached hydrogens (tertiary/aromatic N) is 5. The molecule has 0 saturated carbocycles. The molecule has 1 aliphatic heterocycles. The number of ether oxygens (including phenoxy) is 1. The van der Waals surface area contributed by atoms with Crippen LogP contribution in [0.25, 0.3) is 0 Å². The fraction of sp³-hybridized carbons (Fsp3) is 0.400. The molecule has 22 heavy (non-hydrogen) atoms. The molecule has 1 aliphatic rings. The van der Waals surface area contributed by atoms with E-state index in [0.717, 1.165) is 18.5 Å². The first-order valence-electron chi connectivity index (χ1n) is 7.25. The van der Waals surface area contributed by atoms with Gasteiger partial charge in [0.2, 0.25) is 0 Å². The van der Waals surface area contributed by atoms with Gasteiger partial charge in [0.05, 0.1) is 42.9 Å². The minimum absolute atomic E-state index is 0.0256. The summed E-state index contributed by atoms with van der Waals surface area (Å²) in [6.45, 7) is 1.70. The lowest BCUT2D eigenvalue weighted by molar-refractivity contribution is -0.00416. The number of morpholine rings is 1. The Kier molecular flexibility index (Phi) is 4.65. The molecule has 1 fully saturated rings. The topological polar surface area (TPSA) is 81.1 Å². The first-order valence-corrected chi connectivity index (χ1v) is 7.25. The van der Waals surface area contributed by atoms with Crippen LogP contribution in [-0.4, -0.2) is 56.8 Å². The standard InChI is InChI=1S/C15H17N5O2/c21-15(12-3-4-18-19-9-12)20-7-8-22-11-14(20)2-1-13-10-16-5-6-17-13/h3-6,9-10,14H,1-2,7-8,11H2/t14-/m0/s1. The van der Waals surface area contributed by atoms with E-state index in [2.05, 4.69) is 20.2 Å². The van der Waals surface area contributed by atoms with Gasteiger partial charge in [-0.05, 0) is 18.9 Å². The minimum atomic E-state index is -0.0256. The highest BCUT2D eigenvalue weighted by atomic mass is 16.5. The zero-order chi connectivity index (χ0) is 15.2. The second-order valence-corrected chi connectivity index (χ2v) is 5.09. The summed E-state index contributed by atoms with van der Waals surface area (Å²) in [6, 6.07) is 1.72. The van der Waals surface area contributed by atoms with Gasteiger partial charge in [-0.1, -0.05) is 0 Å². The Labute approximate surface area is 128 Å². The van der Waals surface area contributed by atoms with Crippen molar-refractivity contribution in [2.24, 2.45) is 0 Å². The predicted octanol–water partition coefficient (Wildman–Crippen LogP) is 0.740. The van der Waals surface area contributed by atoms with Crippen LogP contribution in [0.4, 0.5) is 0 Å². The maximum Gasteiger partial charge on any atom is 0.255 e. The zero-order valence-corrected chi connectivity index (χ0v) is 12.1. The van der Waals surface area contributed by atoms with Crippen molar-refractivity contribution < 1.29 is 9.53 Å². The minimum Gasteiger partial charge on any atom is -0.377 e. The van der Waals surface area contributed by atoms with E-state index in [0.29, 0.717) is 25.3 Å². The lowest BCUT2D eigenvalue weighted by Crippen LogP contribution is -2.49. The average molecular weight is 299 g/mol. The predicted molar refractivity (Wildman–Crippen MR) is 78.0 cm³/mol. The van der Waals surface area contributed by atoms with E-state index in [1.54, 1.807) is 24.7 Å². The summed E-state index contributed by atoms with van der Waals surface area (Å²) in [7, 11) is 0. The van der Waals surface area contributed by atoms with Crippen molar-refractivity contribution in [3.05, 3.63) is 48.3 Å². The third-order valence-electron chi connectivity index (χ3n) is 3.67. The third kappa shape index (κ3) is 3.43. The highest BCUT2D eigenvalue weighted by Gasteiger charge is 2.28. The molecule has 0 aliphatic carbocycles. The highest BCUT2D eigenvalue weighted by Crippen LogP contribution is 2.16. The quantitative estimate of drug-likeness (QED) is 0.828. The Morgan fingerprint density at radius 1 is 1.27 bits per heavy atom. The molecule has 0 unspecified atom stereocenters. The van der Waals surface area contributed by atoms with Crippen LogP contribution in [0.15, 0.2) is 37.1 Å². The average Bonchev–Trinajstić information content (AvgIpc) is 2.61. The lowest BCUT2D eigenvalue weighted by Gasteiger charge is -2.35. The molecular weight excluding hydrogens is 282 g/mol. The van der Waals surface area contributed by atoms with E-state index in [1.807, 2.05) is 4.90 Å². The maximum absolute atomic E-state index is 12.6. The van der Waals surface area contributed by atoms with Gasteiger partial charge in [0.1, 0.15) is 0 Å². The first kappa shape index (κ1) is 14.5. The SMILES string of the molecule is O=C(c1ccnnc1)N1CCOC[C@@H]1CCc1cnccn1. The second-order valence-electron chi connectivity index (χ2n) is 5.09. The second kappa shape index (κ2) is 7.04. The molecular formula is C15H17N5O2. The van der Waals surface area contributed by atoms with Gasteiger partial charge in [0.15, 0.2) is 0 Å². The van der Waals surface area contributed by atoms with Crippen LogP contribution in [0.3, 0.4) is 0 Å². The molecule has 0 N–H and O–H groups in total. The van der Waals surface area contributed by atoms with Crippen LogP contribution in [-0.2, 0) is 11.2 Å². The monoisotopic (exact) mass is 299 g/mol.